The summed E-state index contributed by atoms with van der Waals surface area (Å²) in [6, 6.07) is 13.9. The van der Waals surface area contributed by atoms with Gasteiger partial charge in [0.05, 0.1) is 11.0 Å². The van der Waals surface area contributed by atoms with Crippen LogP contribution >= 0.6 is 0 Å². The van der Waals surface area contributed by atoms with Crippen molar-refractivity contribution in [2.24, 2.45) is 0 Å². The van der Waals surface area contributed by atoms with Crippen LogP contribution in [0.4, 0.5) is 5.69 Å². The van der Waals surface area contributed by atoms with Crippen LogP contribution in [0.15, 0.2) is 48.5 Å². The summed E-state index contributed by atoms with van der Waals surface area (Å²) in [4.78, 5) is 10.4. The molecule has 0 bridgehead atoms. The number of unbranched alkanes of at least 4 members (excludes halogenated alkanes) is 2. The molecule has 122 valence electrons. The van der Waals surface area contributed by atoms with Crippen LogP contribution in [0.2, 0.25) is 0 Å². The largest absolute Gasteiger partial charge is 0.396 e. The van der Waals surface area contributed by atoms with E-state index in [4.69, 9.17) is 5.11 Å². The molecule has 0 aliphatic heterocycles. The number of hydrogen-bond acceptors (Lipinski definition) is 4. The first-order valence-electron chi connectivity index (χ1n) is 7.75. The van der Waals surface area contributed by atoms with Gasteiger partial charge in [-0.2, -0.15) is 0 Å². The van der Waals surface area contributed by atoms with E-state index in [9.17, 15) is 15.2 Å². The number of non-ortho nitro benzene ring substituents is 1. The number of nitro groups is 1. The Bertz CT molecular complexity index is 640. The molecule has 5 nitrogen and oxygen atoms in total. The normalized spacial score (nSPS) is 12.1. The van der Waals surface area contributed by atoms with Crippen LogP contribution in [-0.4, -0.2) is 21.7 Å². The van der Waals surface area contributed by atoms with Gasteiger partial charge in [-0.05, 0) is 29.5 Å². The van der Waals surface area contributed by atoms with Gasteiger partial charge in [0.15, 0.2) is 0 Å². The van der Waals surface area contributed by atoms with E-state index in [1.807, 2.05) is 30.3 Å². The molecule has 5 heteroatoms. The van der Waals surface area contributed by atoms with Crippen molar-refractivity contribution in [3.05, 3.63) is 64.2 Å². The van der Waals surface area contributed by atoms with E-state index in [1.54, 1.807) is 12.1 Å². The molecule has 0 saturated heterocycles. The molecule has 1 unspecified atom stereocenters. The summed E-state index contributed by atoms with van der Waals surface area (Å²) in [5.41, 5.74) is 2.56. The Kier molecular flexibility index (Phi) is 6.26. The summed E-state index contributed by atoms with van der Waals surface area (Å²) < 4.78 is 0. The highest BCUT2D eigenvalue weighted by atomic mass is 16.6. The molecule has 0 saturated carbocycles. The van der Waals surface area contributed by atoms with Crippen molar-refractivity contribution in [1.82, 2.24) is 0 Å². The van der Waals surface area contributed by atoms with Crippen molar-refractivity contribution >= 4 is 5.69 Å². The van der Waals surface area contributed by atoms with Crippen molar-refractivity contribution < 1.29 is 15.1 Å². The van der Waals surface area contributed by atoms with E-state index >= 15 is 0 Å². The van der Waals surface area contributed by atoms with Crippen LogP contribution in [0.25, 0.3) is 11.1 Å². The number of aliphatic hydroxyl groups is 2. The van der Waals surface area contributed by atoms with E-state index in [2.05, 4.69) is 0 Å². The first kappa shape index (κ1) is 17.1. The number of nitrogens with zero attached hydrogens (tertiary/aromatic N) is 1. The summed E-state index contributed by atoms with van der Waals surface area (Å²) in [5.74, 6) is 0. The van der Waals surface area contributed by atoms with Crippen molar-refractivity contribution in [2.75, 3.05) is 6.61 Å². The zero-order chi connectivity index (χ0) is 16.7. The second-order valence-electron chi connectivity index (χ2n) is 5.52. The van der Waals surface area contributed by atoms with Crippen LogP contribution < -0.4 is 0 Å². The number of rotatable bonds is 8. The maximum absolute atomic E-state index is 10.8. The maximum Gasteiger partial charge on any atom is 0.270 e. The van der Waals surface area contributed by atoms with E-state index in [0.717, 1.165) is 36.0 Å². The van der Waals surface area contributed by atoms with Gasteiger partial charge in [0, 0.05) is 18.7 Å². The third-order valence-corrected chi connectivity index (χ3v) is 3.82. The molecule has 0 spiro atoms. The summed E-state index contributed by atoms with van der Waals surface area (Å²) in [6.07, 6.45) is 2.68. The topological polar surface area (TPSA) is 83.6 Å². The average Bonchev–Trinajstić information content (AvgIpc) is 2.59. The zero-order valence-corrected chi connectivity index (χ0v) is 12.9. The predicted molar refractivity (Wildman–Crippen MR) is 89.0 cm³/mol. The van der Waals surface area contributed by atoms with Crippen LogP contribution in [0, 0.1) is 10.1 Å². The van der Waals surface area contributed by atoms with Gasteiger partial charge in [-0.1, -0.05) is 49.2 Å². The molecular weight excluding hydrogens is 294 g/mol. The fraction of sp³-hybridized carbons (Fsp3) is 0.333. The molecule has 0 heterocycles. The average molecular weight is 315 g/mol. The van der Waals surface area contributed by atoms with Gasteiger partial charge in [-0.25, -0.2) is 0 Å². The minimum atomic E-state index is -0.521. The number of nitro benzene ring substituents is 1. The SMILES string of the molecule is O=[N+]([O-])c1cccc(-c2ccc(C(O)CCCCCO)cc2)c1. The van der Waals surface area contributed by atoms with Gasteiger partial charge in [-0.15, -0.1) is 0 Å². The van der Waals surface area contributed by atoms with Gasteiger partial charge < -0.3 is 10.2 Å². The summed E-state index contributed by atoms with van der Waals surface area (Å²) >= 11 is 0. The number of aliphatic hydroxyl groups excluding tert-OH is 2. The van der Waals surface area contributed by atoms with E-state index in [-0.39, 0.29) is 12.3 Å². The molecule has 23 heavy (non-hydrogen) atoms. The highest BCUT2D eigenvalue weighted by Crippen LogP contribution is 2.26. The Morgan fingerprint density at radius 1 is 1.00 bits per heavy atom. The Balaban J connectivity index is 2.04. The first-order valence-corrected chi connectivity index (χ1v) is 7.75. The Hall–Kier alpha value is -2.24. The highest BCUT2D eigenvalue weighted by molar-refractivity contribution is 5.66. The Morgan fingerprint density at radius 3 is 2.39 bits per heavy atom. The zero-order valence-electron chi connectivity index (χ0n) is 12.9. The molecule has 0 amide bonds. The summed E-state index contributed by atoms with van der Waals surface area (Å²) in [7, 11) is 0. The fourth-order valence-corrected chi connectivity index (χ4v) is 2.49. The van der Waals surface area contributed by atoms with Crippen LogP contribution in [0.5, 0.6) is 0 Å². The molecule has 0 aliphatic carbocycles. The van der Waals surface area contributed by atoms with Crippen LogP contribution in [0.1, 0.15) is 37.4 Å². The molecule has 2 aromatic rings. The fourth-order valence-electron chi connectivity index (χ4n) is 2.49. The van der Waals surface area contributed by atoms with E-state index < -0.39 is 11.0 Å². The number of benzene rings is 2. The minimum Gasteiger partial charge on any atom is -0.396 e. The lowest BCUT2D eigenvalue weighted by molar-refractivity contribution is -0.384. The Morgan fingerprint density at radius 2 is 1.74 bits per heavy atom. The summed E-state index contributed by atoms with van der Waals surface area (Å²) in [6.45, 7) is 0.188. The molecule has 1 atom stereocenters. The molecule has 0 fully saturated rings. The predicted octanol–water partition coefficient (Wildman–Crippen LogP) is 3.85. The van der Waals surface area contributed by atoms with Gasteiger partial charge in [0.2, 0.25) is 0 Å². The molecule has 0 radical (unpaired) electrons. The summed E-state index contributed by atoms with van der Waals surface area (Å²) in [5, 5.41) is 29.7. The standard InChI is InChI=1S/C18H21NO4/c20-12-3-1-2-7-18(21)15-10-8-14(9-11-15)16-5-4-6-17(13-16)19(22)23/h4-6,8-11,13,18,20-21H,1-3,7,12H2. The van der Waals surface area contributed by atoms with E-state index in [0.29, 0.717) is 6.42 Å². The van der Waals surface area contributed by atoms with Gasteiger partial charge in [0.1, 0.15) is 0 Å². The molecule has 2 rings (SSSR count). The lowest BCUT2D eigenvalue weighted by atomic mass is 9.99. The van der Waals surface area contributed by atoms with Crippen molar-refractivity contribution in [1.29, 1.82) is 0 Å². The second kappa shape index (κ2) is 8.41. The van der Waals surface area contributed by atoms with Crippen LogP contribution in [0.3, 0.4) is 0 Å². The third-order valence-electron chi connectivity index (χ3n) is 3.82. The molecular formula is C18H21NO4. The third kappa shape index (κ3) is 4.87. The lowest BCUT2D eigenvalue weighted by Gasteiger charge is -2.11. The molecule has 2 aromatic carbocycles. The van der Waals surface area contributed by atoms with Gasteiger partial charge >= 0.3 is 0 Å². The Labute approximate surface area is 135 Å². The quantitative estimate of drug-likeness (QED) is 0.440. The maximum atomic E-state index is 10.8. The van der Waals surface area contributed by atoms with Gasteiger partial charge in [0.25, 0.3) is 5.69 Å². The second-order valence-corrected chi connectivity index (χ2v) is 5.52. The first-order chi connectivity index (χ1) is 11.1. The van der Waals surface area contributed by atoms with Crippen molar-refractivity contribution in [3.8, 4) is 11.1 Å². The van der Waals surface area contributed by atoms with Crippen LogP contribution in [-0.2, 0) is 0 Å². The minimum absolute atomic E-state index is 0.0653. The molecule has 0 aliphatic rings. The van der Waals surface area contributed by atoms with Gasteiger partial charge in [-0.3, -0.25) is 10.1 Å². The monoisotopic (exact) mass is 315 g/mol. The molecule has 2 N–H and O–H groups in total. The molecule has 0 aromatic heterocycles. The number of hydrogen-bond donors (Lipinski definition) is 2. The highest BCUT2D eigenvalue weighted by Gasteiger charge is 2.09. The smallest absolute Gasteiger partial charge is 0.270 e. The van der Waals surface area contributed by atoms with Crippen molar-refractivity contribution in [3.63, 3.8) is 0 Å². The van der Waals surface area contributed by atoms with E-state index in [1.165, 1.54) is 6.07 Å². The lowest BCUT2D eigenvalue weighted by Crippen LogP contribution is -1.97. The van der Waals surface area contributed by atoms with Crippen molar-refractivity contribution in [2.45, 2.75) is 31.8 Å².